The number of carbonyl (C=O) groups is 1. The monoisotopic (exact) mass is 419 g/mol. The molecule has 0 aliphatic carbocycles. The molecular weight excluding hydrogens is 402 g/mol. The first-order valence-corrected chi connectivity index (χ1v) is 8.57. The fraction of sp³-hybridized carbons (Fsp3) is 0.167. The smallest absolute Gasteiger partial charge is 0.267 e. The molecule has 0 spiro atoms. The van der Waals surface area contributed by atoms with Gasteiger partial charge in [-0.2, -0.15) is 0 Å². The Morgan fingerprint density at radius 1 is 1.23 bits per heavy atom. The Labute approximate surface area is 158 Å². The summed E-state index contributed by atoms with van der Waals surface area (Å²) in [7, 11) is 0. The molecule has 2 rings (SSSR count). The van der Waals surface area contributed by atoms with E-state index >= 15 is 0 Å². The molecule has 0 aliphatic rings. The first-order valence-electron chi connectivity index (χ1n) is 7.77. The van der Waals surface area contributed by atoms with Crippen LogP contribution in [0.15, 0.2) is 63.9 Å². The number of rotatable bonds is 8. The molecule has 0 fully saturated rings. The van der Waals surface area contributed by atoms with E-state index in [0.717, 1.165) is 4.47 Å². The van der Waals surface area contributed by atoms with Crippen molar-refractivity contribution in [1.82, 2.24) is 10.6 Å². The van der Waals surface area contributed by atoms with Crippen molar-refractivity contribution in [3.63, 3.8) is 0 Å². The molecule has 0 radical (unpaired) electrons. The van der Waals surface area contributed by atoms with E-state index < -0.39 is 12.1 Å². The zero-order valence-electron chi connectivity index (χ0n) is 13.7. The molecule has 7 nitrogen and oxygen atoms in total. The van der Waals surface area contributed by atoms with E-state index in [0.29, 0.717) is 11.1 Å². The molecule has 136 valence electrons. The van der Waals surface area contributed by atoms with Gasteiger partial charge in [-0.15, -0.1) is 4.91 Å². The summed E-state index contributed by atoms with van der Waals surface area (Å²) < 4.78 is 0.788. The van der Waals surface area contributed by atoms with E-state index in [1.807, 2.05) is 6.07 Å². The zero-order valence-corrected chi connectivity index (χ0v) is 15.3. The predicted octanol–water partition coefficient (Wildman–Crippen LogP) is 2.58. The third kappa shape index (κ3) is 5.76. The van der Waals surface area contributed by atoms with Gasteiger partial charge >= 0.3 is 0 Å². The normalized spacial score (nSPS) is 12.3. The highest BCUT2D eigenvalue weighted by molar-refractivity contribution is 9.10. The number of carbonyl (C=O) groups excluding carboxylic acids is 1. The van der Waals surface area contributed by atoms with Gasteiger partial charge < -0.3 is 20.8 Å². The van der Waals surface area contributed by atoms with Gasteiger partial charge in [-0.05, 0) is 41.1 Å². The van der Waals surface area contributed by atoms with Crippen LogP contribution in [0.3, 0.4) is 0 Å². The molecule has 1 unspecified atom stereocenters. The molecule has 1 amide bonds. The summed E-state index contributed by atoms with van der Waals surface area (Å²) in [4.78, 5) is 23.0. The van der Waals surface area contributed by atoms with E-state index in [9.17, 15) is 14.8 Å². The number of nitrogens with one attached hydrogen (secondary N) is 2. The standard InChI is InChI=1S/C18H18BrN3O4/c19-14-5-2-4-13(11-14)17(24)21-16(18(25)20-7-8-23)10-12-3-1-6-15(9-12)22-26/h1-6,9-11,17,21,23-24H,7-8H2,(H,20,25)/b16-10-. The second-order valence-corrected chi connectivity index (χ2v) is 6.24. The van der Waals surface area contributed by atoms with Gasteiger partial charge in [-0.1, -0.05) is 40.2 Å². The SMILES string of the molecule is O=Nc1cccc(/C=C(\NC(O)c2cccc(Br)c2)C(=O)NCCO)c1. The van der Waals surface area contributed by atoms with Gasteiger partial charge in [0.05, 0.1) is 6.61 Å². The minimum absolute atomic E-state index is 0.0702. The summed E-state index contributed by atoms with van der Waals surface area (Å²) in [5.41, 5.74) is 1.42. The Balaban J connectivity index is 2.29. The van der Waals surface area contributed by atoms with Gasteiger partial charge in [0.15, 0.2) is 6.23 Å². The van der Waals surface area contributed by atoms with Crippen molar-refractivity contribution >= 4 is 33.6 Å². The van der Waals surface area contributed by atoms with Crippen LogP contribution in [0.4, 0.5) is 5.69 Å². The third-order valence-corrected chi connectivity index (χ3v) is 3.88. The average molecular weight is 420 g/mol. The Kier molecular flexibility index (Phi) is 7.46. The maximum atomic E-state index is 12.3. The number of benzene rings is 2. The largest absolute Gasteiger partial charge is 0.395 e. The summed E-state index contributed by atoms with van der Waals surface area (Å²) in [6.07, 6.45) is 0.355. The zero-order chi connectivity index (χ0) is 18.9. The Morgan fingerprint density at radius 3 is 2.69 bits per heavy atom. The van der Waals surface area contributed by atoms with Gasteiger partial charge in [0.25, 0.3) is 5.91 Å². The Morgan fingerprint density at radius 2 is 2.00 bits per heavy atom. The van der Waals surface area contributed by atoms with E-state index in [4.69, 9.17) is 5.11 Å². The van der Waals surface area contributed by atoms with Crippen molar-refractivity contribution in [2.45, 2.75) is 6.23 Å². The van der Waals surface area contributed by atoms with Crippen molar-refractivity contribution < 1.29 is 15.0 Å². The fourth-order valence-electron chi connectivity index (χ4n) is 2.18. The summed E-state index contributed by atoms with van der Waals surface area (Å²) in [6.45, 7) is -0.140. The lowest BCUT2D eigenvalue weighted by molar-refractivity contribution is -0.118. The van der Waals surface area contributed by atoms with Crippen molar-refractivity contribution in [3.8, 4) is 0 Å². The molecular formula is C18H18BrN3O4. The van der Waals surface area contributed by atoms with Gasteiger partial charge in [-0.25, -0.2) is 0 Å². The van der Waals surface area contributed by atoms with E-state index in [1.165, 1.54) is 12.1 Å². The Hall–Kier alpha value is -2.55. The number of nitroso groups, excluding NO2 is 1. The maximum Gasteiger partial charge on any atom is 0.267 e. The average Bonchev–Trinajstić information content (AvgIpc) is 2.65. The number of amides is 1. The number of hydrogen-bond donors (Lipinski definition) is 4. The highest BCUT2D eigenvalue weighted by Gasteiger charge is 2.15. The van der Waals surface area contributed by atoms with Crippen LogP contribution >= 0.6 is 15.9 Å². The number of nitrogens with zero attached hydrogens (tertiary/aromatic N) is 1. The fourth-order valence-corrected chi connectivity index (χ4v) is 2.60. The van der Waals surface area contributed by atoms with E-state index in [2.05, 4.69) is 31.7 Å². The lowest BCUT2D eigenvalue weighted by Gasteiger charge is -2.17. The third-order valence-electron chi connectivity index (χ3n) is 3.39. The molecule has 0 heterocycles. The summed E-state index contributed by atoms with van der Waals surface area (Å²) >= 11 is 3.33. The summed E-state index contributed by atoms with van der Waals surface area (Å²) in [5, 5.41) is 27.4. The quantitative estimate of drug-likeness (QED) is 0.298. The molecule has 8 heteroatoms. The first kappa shape index (κ1) is 19.8. The molecule has 0 bridgehead atoms. The van der Waals surface area contributed by atoms with Crippen LogP contribution in [-0.4, -0.2) is 29.3 Å². The minimum Gasteiger partial charge on any atom is -0.395 e. The number of halogens is 1. The second kappa shape index (κ2) is 9.81. The number of aliphatic hydroxyl groups is 2. The molecule has 2 aromatic rings. The molecule has 0 aromatic heterocycles. The van der Waals surface area contributed by atoms with E-state index in [-0.39, 0.29) is 24.5 Å². The minimum atomic E-state index is -1.13. The van der Waals surface area contributed by atoms with Crippen LogP contribution in [0.2, 0.25) is 0 Å². The molecule has 1 atom stereocenters. The van der Waals surface area contributed by atoms with Gasteiger partial charge in [-0.3, -0.25) is 4.79 Å². The summed E-state index contributed by atoms with van der Waals surface area (Å²) in [5.74, 6) is -0.502. The van der Waals surface area contributed by atoms with Crippen molar-refractivity contribution in [2.75, 3.05) is 13.2 Å². The number of hydrogen-bond acceptors (Lipinski definition) is 6. The molecule has 26 heavy (non-hydrogen) atoms. The van der Waals surface area contributed by atoms with Crippen LogP contribution < -0.4 is 10.6 Å². The lowest BCUT2D eigenvalue weighted by atomic mass is 10.1. The number of aliphatic hydroxyl groups excluding tert-OH is 2. The maximum absolute atomic E-state index is 12.3. The highest BCUT2D eigenvalue weighted by Crippen LogP contribution is 2.19. The molecule has 0 saturated carbocycles. The predicted molar refractivity (Wildman–Crippen MR) is 102 cm³/mol. The van der Waals surface area contributed by atoms with Crippen LogP contribution in [0, 0.1) is 4.91 Å². The van der Waals surface area contributed by atoms with Crippen LogP contribution in [0.25, 0.3) is 6.08 Å². The van der Waals surface area contributed by atoms with Crippen LogP contribution in [0.5, 0.6) is 0 Å². The molecule has 2 aromatic carbocycles. The molecule has 0 saturated heterocycles. The first-order chi connectivity index (χ1) is 12.5. The van der Waals surface area contributed by atoms with Gasteiger partial charge in [0.2, 0.25) is 0 Å². The van der Waals surface area contributed by atoms with Crippen molar-refractivity contribution in [3.05, 3.63) is 74.7 Å². The van der Waals surface area contributed by atoms with E-state index in [1.54, 1.807) is 36.4 Å². The van der Waals surface area contributed by atoms with Gasteiger partial charge in [0, 0.05) is 16.6 Å². The van der Waals surface area contributed by atoms with Crippen LogP contribution in [-0.2, 0) is 4.79 Å². The highest BCUT2D eigenvalue weighted by atomic mass is 79.9. The molecule has 4 N–H and O–H groups in total. The van der Waals surface area contributed by atoms with Crippen molar-refractivity contribution in [1.29, 1.82) is 0 Å². The van der Waals surface area contributed by atoms with Crippen molar-refractivity contribution in [2.24, 2.45) is 5.18 Å². The lowest BCUT2D eigenvalue weighted by Crippen LogP contribution is -2.35. The molecule has 0 aliphatic heterocycles. The second-order valence-electron chi connectivity index (χ2n) is 5.33. The topological polar surface area (TPSA) is 111 Å². The van der Waals surface area contributed by atoms with Crippen LogP contribution in [0.1, 0.15) is 17.4 Å². The Bertz CT molecular complexity index is 811. The van der Waals surface area contributed by atoms with Gasteiger partial charge in [0.1, 0.15) is 11.4 Å². The summed E-state index contributed by atoms with van der Waals surface area (Å²) in [6, 6.07) is 13.4.